The first-order valence-electron chi connectivity index (χ1n) is 15.5. The van der Waals surface area contributed by atoms with Gasteiger partial charge in [0.25, 0.3) is 0 Å². The number of ether oxygens (including phenoxy) is 3. The van der Waals surface area contributed by atoms with Crippen LogP contribution in [-0.4, -0.2) is 78.2 Å². The first-order valence-corrected chi connectivity index (χ1v) is 15.5. The van der Waals surface area contributed by atoms with E-state index in [9.17, 15) is 19.2 Å². The lowest BCUT2D eigenvalue weighted by molar-refractivity contribution is -0.139. The topological polar surface area (TPSA) is 175 Å². The van der Waals surface area contributed by atoms with Crippen LogP contribution in [0.4, 0.5) is 4.79 Å². The Balaban J connectivity index is 1.36. The van der Waals surface area contributed by atoms with E-state index in [2.05, 4.69) is 27.8 Å². The molecule has 2 fully saturated rings. The molecule has 2 heterocycles. The van der Waals surface area contributed by atoms with Crippen LogP contribution in [0.25, 0.3) is 11.1 Å². The number of nitrogens with one attached hydrogen (secondary N) is 2. The summed E-state index contributed by atoms with van der Waals surface area (Å²) in [5.41, 5.74) is 5.99. The van der Waals surface area contributed by atoms with Gasteiger partial charge in [-0.25, -0.2) is 4.79 Å². The number of hydrogen-bond donors (Lipinski definition) is 3. The van der Waals surface area contributed by atoms with Gasteiger partial charge in [-0.3, -0.25) is 14.4 Å². The zero-order chi connectivity index (χ0) is 32.7. The summed E-state index contributed by atoms with van der Waals surface area (Å²) >= 11 is 0. The van der Waals surface area contributed by atoms with Crippen molar-refractivity contribution in [1.29, 1.82) is 0 Å². The molecule has 1 aromatic heterocycles. The molecule has 0 spiro atoms. The molecule has 246 valence electrons. The number of nitrogens with two attached hydrogens (primary N) is 1. The van der Waals surface area contributed by atoms with Gasteiger partial charge in [0.05, 0.1) is 13.7 Å². The zero-order valence-corrected chi connectivity index (χ0v) is 26.7. The fourth-order valence-electron chi connectivity index (χ4n) is 5.48. The highest BCUT2D eigenvalue weighted by atomic mass is 16.6. The number of aromatic nitrogens is 1. The molecule has 45 heavy (non-hydrogen) atoms. The largest absolute Gasteiger partial charge is 0.497 e. The number of alkyl carbamates (subject to hydrolysis) is 1. The molecule has 2 aromatic rings. The molecule has 4 N–H and O–H groups in total. The maximum absolute atomic E-state index is 13.8. The van der Waals surface area contributed by atoms with Gasteiger partial charge in [-0.2, -0.15) is 4.98 Å². The summed E-state index contributed by atoms with van der Waals surface area (Å²) in [6.07, 6.45) is 7.49. The molecule has 0 unspecified atom stereocenters. The van der Waals surface area contributed by atoms with Crippen molar-refractivity contribution >= 4 is 34.9 Å². The monoisotopic (exact) mass is 627 g/mol. The van der Waals surface area contributed by atoms with Crippen molar-refractivity contribution < 1.29 is 37.8 Å². The predicted octanol–water partition coefficient (Wildman–Crippen LogP) is 3.45. The highest BCUT2D eigenvalue weighted by Gasteiger charge is 2.43. The quantitative estimate of drug-likeness (QED) is 0.209. The summed E-state index contributed by atoms with van der Waals surface area (Å²) in [5.74, 6) is -0.0261. The second-order valence-corrected chi connectivity index (χ2v) is 12.6. The summed E-state index contributed by atoms with van der Waals surface area (Å²) in [6, 6.07) is 3.31. The minimum absolute atomic E-state index is 0.00379. The van der Waals surface area contributed by atoms with Crippen molar-refractivity contribution in [3.63, 3.8) is 0 Å². The lowest BCUT2D eigenvalue weighted by Crippen LogP contribution is -2.53. The number of hydrogen-bond acceptors (Lipinski definition) is 9. The standard InChI is InChI=1S/C32H45N5O8/c1-32(2,3)45-30(41)35-23(12-10-8-6-7-9-11-19-15-22(19)28(39)34-4)29(40)37-18-21(17-25(37)27(33)38)43-31-36-24-16-20(42-5)13-14-26(24)44-31/h9,11,13-14,16,19,21-23,25H,6-8,10,12,15,17-18H2,1-5H3,(H2,33,38)(H,34,39)(H,35,41)/b11-9-/t19-,21-,22+,23+,25+/m1/s1. The van der Waals surface area contributed by atoms with Crippen LogP contribution in [0, 0.1) is 11.8 Å². The number of methoxy groups -OCH3 is 1. The predicted molar refractivity (Wildman–Crippen MR) is 165 cm³/mol. The number of carbonyl (C=O) groups is 4. The van der Waals surface area contributed by atoms with Crippen molar-refractivity contribution in [2.45, 2.75) is 89.5 Å². The summed E-state index contributed by atoms with van der Waals surface area (Å²) in [6.45, 7) is 5.28. The molecule has 1 aromatic carbocycles. The Kier molecular flexibility index (Phi) is 10.9. The van der Waals surface area contributed by atoms with Crippen LogP contribution >= 0.6 is 0 Å². The molecule has 2 aliphatic rings. The molecule has 13 heteroatoms. The van der Waals surface area contributed by atoms with E-state index in [4.69, 9.17) is 24.4 Å². The number of oxazole rings is 1. The minimum atomic E-state index is -0.930. The lowest BCUT2D eigenvalue weighted by Gasteiger charge is -2.28. The lowest BCUT2D eigenvalue weighted by atomic mass is 10.0. The van der Waals surface area contributed by atoms with E-state index in [1.807, 2.05) is 0 Å². The van der Waals surface area contributed by atoms with Gasteiger partial charge in [-0.1, -0.05) is 25.0 Å². The van der Waals surface area contributed by atoms with Crippen LogP contribution in [0.5, 0.6) is 11.8 Å². The highest BCUT2D eigenvalue weighted by Crippen LogP contribution is 2.39. The summed E-state index contributed by atoms with van der Waals surface area (Å²) < 4.78 is 22.3. The van der Waals surface area contributed by atoms with E-state index in [1.165, 1.54) is 4.90 Å². The minimum Gasteiger partial charge on any atom is -0.497 e. The van der Waals surface area contributed by atoms with Gasteiger partial charge in [0.15, 0.2) is 5.58 Å². The van der Waals surface area contributed by atoms with E-state index < -0.39 is 41.7 Å². The molecule has 1 aliphatic heterocycles. The van der Waals surface area contributed by atoms with Crippen molar-refractivity contribution in [1.82, 2.24) is 20.5 Å². The van der Waals surface area contributed by atoms with E-state index in [0.29, 0.717) is 35.6 Å². The smallest absolute Gasteiger partial charge is 0.408 e. The molecule has 13 nitrogen and oxygen atoms in total. The van der Waals surface area contributed by atoms with E-state index in [-0.39, 0.29) is 30.9 Å². The molecule has 5 atom stereocenters. The fourth-order valence-corrected chi connectivity index (χ4v) is 5.48. The maximum Gasteiger partial charge on any atom is 0.408 e. The Hall–Kier alpha value is -4.29. The van der Waals surface area contributed by atoms with Gasteiger partial charge >= 0.3 is 12.2 Å². The number of benzene rings is 1. The van der Waals surface area contributed by atoms with Gasteiger partial charge in [0.1, 0.15) is 35.1 Å². The molecule has 1 aliphatic carbocycles. The van der Waals surface area contributed by atoms with Gasteiger partial charge < -0.3 is 39.9 Å². The van der Waals surface area contributed by atoms with Crippen LogP contribution in [0.3, 0.4) is 0 Å². The number of allylic oxidation sites excluding steroid dienone is 2. The number of likely N-dealkylation sites (tertiary alicyclic amines) is 1. The fraction of sp³-hybridized carbons (Fsp3) is 0.594. The highest BCUT2D eigenvalue weighted by molar-refractivity contribution is 5.91. The van der Waals surface area contributed by atoms with Crippen molar-refractivity contribution in [3.05, 3.63) is 30.4 Å². The Bertz CT molecular complexity index is 1400. The average Bonchev–Trinajstić information content (AvgIpc) is 3.44. The average molecular weight is 628 g/mol. The van der Waals surface area contributed by atoms with Gasteiger partial charge in [0, 0.05) is 25.5 Å². The van der Waals surface area contributed by atoms with Crippen LogP contribution in [0.15, 0.2) is 34.8 Å². The number of nitrogens with zero attached hydrogens (tertiary/aromatic N) is 2. The van der Waals surface area contributed by atoms with E-state index in [0.717, 1.165) is 25.7 Å². The van der Waals surface area contributed by atoms with E-state index >= 15 is 0 Å². The molecule has 4 amide bonds. The molecular formula is C32H45N5O8. The number of primary amides is 1. The summed E-state index contributed by atoms with van der Waals surface area (Å²) in [7, 11) is 3.20. The first kappa shape index (κ1) is 33.6. The Morgan fingerprint density at radius 1 is 1.18 bits per heavy atom. The van der Waals surface area contributed by atoms with Gasteiger partial charge in [0.2, 0.25) is 17.7 Å². The van der Waals surface area contributed by atoms with Crippen LogP contribution in [-0.2, 0) is 19.1 Å². The van der Waals surface area contributed by atoms with Gasteiger partial charge in [-0.05, 0) is 64.5 Å². The summed E-state index contributed by atoms with van der Waals surface area (Å²) in [5, 5.41) is 5.39. The SMILES string of the molecule is CNC(=O)[C@H]1C[C@H]1/C=C\CCCCC[C@H](NC(=O)OC(C)(C)C)C(=O)N1C[C@H](Oc2nc3cc(OC)ccc3o2)C[C@H]1C(N)=O. The third kappa shape index (κ3) is 9.35. The van der Waals surface area contributed by atoms with Crippen LogP contribution in [0.2, 0.25) is 0 Å². The van der Waals surface area contributed by atoms with E-state index in [1.54, 1.807) is 53.1 Å². The number of unbranched alkanes of at least 4 members (excludes halogenated alkanes) is 3. The zero-order valence-electron chi connectivity index (χ0n) is 26.7. The molecule has 4 rings (SSSR count). The van der Waals surface area contributed by atoms with Crippen LogP contribution < -0.4 is 25.8 Å². The third-order valence-electron chi connectivity index (χ3n) is 7.88. The Morgan fingerprint density at radius 3 is 2.64 bits per heavy atom. The number of fused-ring (bicyclic) bond motifs is 1. The Labute approximate surface area is 263 Å². The van der Waals surface area contributed by atoms with Crippen molar-refractivity contribution in [3.8, 4) is 11.8 Å². The number of rotatable bonds is 14. The molecule has 0 bridgehead atoms. The van der Waals surface area contributed by atoms with Crippen LogP contribution in [0.1, 0.15) is 65.7 Å². The normalized spacial score (nSPS) is 21.8. The van der Waals surface area contributed by atoms with Gasteiger partial charge in [-0.15, -0.1) is 0 Å². The third-order valence-corrected chi connectivity index (χ3v) is 7.88. The summed E-state index contributed by atoms with van der Waals surface area (Å²) in [4.78, 5) is 56.3. The Morgan fingerprint density at radius 2 is 1.96 bits per heavy atom. The first-order chi connectivity index (χ1) is 21.4. The molecule has 1 saturated heterocycles. The van der Waals surface area contributed by atoms with Crippen molar-refractivity contribution in [2.75, 3.05) is 20.7 Å². The number of carbonyl (C=O) groups excluding carboxylic acids is 4. The number of amides is 4. The second kappa shape index (κ2) is 14.7. The van der Waals surface area contributed by atoms with Crippen molar-refractivity contribution in [2.24, 2.45) is 17.6 Å². The molecule has 1 saturated carbocycles. The molecule has 0 radical (unpaired) electrons. The molecular weight excluding hydrogens is 582 g/mol. The maximum atomic E-state index is 13.8. The second-order valence-electron chi connectivity index (χ2n) is 12.6.